The number of carbonyl (C=O) groups is 1. The van der Waals surface area contributed by atoms with E-state index in [0.717, 1.165) is 4.90 Å². The van der Waals surface area contributed by atoms with E-state index in [-0.39, 0.29) is 5.91 Å². The van der Waals surface area contributed by atoms with E-state index in [1.54, 1.807) is 18.9 Å². The van der Waals surface area contributed by atoms with Crippen molar-refractivity contribution in [2.75, 3.05) is 18.2 Å². The van der Waals surface area contributed by atoms with Crippen LogP contribution in [0.2, 0.25) is 5.02 Å². The number of methoxy groups -OCH3 is 1. The second-order valence-electron chi connectivity index (χ2n) is 4.30. The Bertz CT molecular complexity index is 601. The lowest BCUT2D eigenvalue weighted by Crippen LogP contribution is -2.12. The Morgan fingerprint density at radius 1 is 1.19 bits per heavy atom. The smallest absolute Gasteiger partial charge is 0.225 e. The molecular formula is C16H16ClNO2S. The van der Waals surface area contributed by atoms with Gasteiger partial charge >= 0.3 is 0 Å². The van der Waals surface area contributed by atoms with Crippen LogP contribution in [0.3, 0.4) is 0 Å². The lowest BCUT2D eigenvalue weighted by molar-refractivity contribution is -0.115. The third-order valence-corrected chi connectivity index (χ3v) is 4.06. The molecular weight excluding hydrogens is 306 g/mol. The van der Waals surface area contributed by atoms with Crippen molar-refractivity contribution in [1.29, 1.82) is 0 Å². The Morgan fingerprint density at radius 3 is 2.62 bits per heavy atom. The van der Waals surface area contributed by atoms with Crippen LogP contribution in [0.15, 0.2) is 53.4 Å². The van der Waals surface area contributed by atoms with E-state index in [1.165, 1.54) is 0 Å². The molecule has 0 aliphatic heterocycles. The van der Waals surface area contributed by atoms with Gasteiger partial charge in [0.25, 0.3) is 0 Å². The standard InChI is InChI=1S/C16H16ClNO2S/c1-20-15-5-3-2-4-14(15)18-16(19)10-11-21-13-8-6-12(17)7-9-13/h2-9H,10-11H2,1H3,(H,18,19). The van der Waals surface area contributed by atoms with Crippen LogP contribution in [-0.2, 0) is 4.79 Å². The summed E-state index contributed by atoms with van der Waals surface area (Å²) in [5.41, 5.74) is 0.696. The normalized spacial score (nSPS) is 10.2. The van der Waals surface area contributed by atoms with E-state index in [0.29, 0.717) is 28.6 Å². The van der Waals surface area contributed by atoms with Crippen molar-refractivity contribution in [3.8, 4) is 5.75 Å². The number of hydrogen-bond donors (Lipinski definition) is 1. The Balaban J connectivity index is 1.81. The second kappa shape index (κ2) is 7.96. The fourth-order valence-corrected chi connectivity index (χ4v) is 2.73. The summed E-state index contributed by atoms with van der Waals surface area (Å²) in [6.07, 6.45) is 0.436. The summed E-state index contributed by atoms with van der Waals surface area (Å²) in [5, 5.41) is 3.57. The minimum Gasteiger partial charge on any atom is -0.495 e. The van der Waals surface area contributed by atoms with Crippen LogP contribution in [-0.4, -0.2) is 18.8 Å². The summed E-state index contributed by atoms with van der Waals surface area (Å²) in [6.45, 7) is 0. The maximum atomic E-state index is 11.9. The van der Waals surface area contributed by atoms with E-state index < -0.39 is 0 Å². The fourth-order valence-electron chi connectivity index (χ4n) is 1.75. The maximum Gasteiger partial charge on any atom is 0.225 e. The Labute approximate surface area is 133 Å². The first kappa shape index (κ1) is 15.7. The molecule has 1 N–H and O–H groups in total. The van der Waals surface area contributed by atoms with E-state index in [1.807, 2.05) is 48.5 Å². The molecule has 2 aromatic carbocycles. The molecule has 0 aliphatic carbocycles. The van der Waals surface area contributed by atoms with Crippen LogP contribution >= 0.6 is 23.4 Å². The summed E-state index contributed by atoms with van der Waals surface area (Å²) >= 11 is 7.46. The van der Waals surface area contributed by atoms with E-state index in [4.69, 9.17) is 16.3 Å². The largest absolute Gasteiger partial charge is 0.495 e. The highest BCUT2D eigenvalue weighted by molar-refractivity contribution is 7.99. The zero-order valence-electron chi connectivity index (χ0n) is 11.6. The summed E-state index contributed by atoms with van der Waals surface area (Å²) in [5.74, 6) is 1.35. The SMILES string of the molecule is COc1ccccc1NC(=O)CCSc1ccc(Cl)cc1. The number of thioether (sulfide) groups is 1. The number of rotatable bonds is 6. The van der Waals surface area contributed by atoms with Gasteiger partial charge in [0.15, 0.2) is 0 Å². The monoisotopic (exact) mass is 321 g/mol. The molecule has 1 amide bonds. The molecule has 0 saturated heterocycles. The molecule has 0 aromatic heterocycles. The quantitative estimate of drug-likeness (QED) is 0.798. The van der Waals surface area contributed by atoms with Gasteiger partial charge in [-0.05, 0) is 36.4 Å². The van der Waals surface area contributed by atoms with Gasteiger partial charge in [-0.25, -0.2) is 0 Å². The fraction of sp³-hybridized carbons (Fsp3) is 0.188. The predicted molar refractivity (Wildman–Crippen MR) is 88.4 cm³/mol. The van der Waals surface area contributed by atoms with Crippen LogP contribution in [0, 0.1) is 0 Å². The summed E-state index contributed by atoms with van der Waals surface area (Å²) in [4.78, 5) is 13.0. The Kier molecular flexibility index (Phi) is 5.96. The molecule has 0 aliphatic rings. The highest BCUT2D eigenvalue weighted by Gasteiger charge is 2.06. The average Bonchev–Trinajstić information content (AvgIpc) is 2.50. The molecule has 0 unspecified atom stereocenters. The Morgan fingerprint density at radius 2 is 1.90 bits per heavy atom. The van der Waals surface area contributed by atoms with Gasteiger partial charge in [0.05, 0.1) is 12.8 Å². The van der Waals surface area contributed by atoms with Crippen LogP contribution in [0.1, 0.15) is 6.42 Å². The van der Waals surface area contributed by atoms with Gasteiger partial charge in [0.1, 0.15) is 5.75 Å². The number of nitrogens with one attached hydrogen (secondary N) is 1. The molecule has 0 heterocycles. The third kappa shape index (κ3) is 4.99. The molecule has 0 saturated carbocycles. The molecule has 2 rings (SSSR count). The minimum absolute atomic E-state index is 0.0269. The minimum atomic E-state index is -0.0269. The van der Waals surface area contributed by atoms with Crippen molar-refractivity contribution in [2.45, 2.75) is 11.3 Å². The van der Waals surface area contributed by atoms with Gasteiger partial charge in [-0.2, -0.15) is 0 Å². The number of halogens is 1. The molecule has 3 nitrogen and oxygen atoms in total. The average molecular weight is 322 g/mol. The van der Waals surface area contributed by atoms with Crippen LogP contribution < -0.4 is 10.1 Å². The van der Waals surface area contributed by atoms with Gasteiger partial charge in [0, 0.05) is 22.1 Å². The highest BCUT2D eigenvalue weighted by atomic mass is 35.5. The Hall–Kier alpha value is -1.65. The first-order chi connectivity index (χ1) is 10.2. The van der Waals surface area contributed by atoms with Crippen LogP contribution in [0.25, 0.3) is 0 Å². The van der Waals surface area contributed by atoms with Gasteiger partial charge in [-0.3, -0.25) is 4.79 Å². The molecule has 0 radical (unpaired) electrons. The molecule has 0 bridgehead atoms. The number of carbonyl (C=O) groups excluding carboxylic acids is 1. The number of ether oxygens (including phenoxy) is 1. The van der Waals surface area contributed by atoms with Gasteiger partial charge in [-0.1, -0.05) is 23.7 Å². The molecule has 2 aromatic rings. The lowest BCUT2D eigenvalue weighted by Gasteiger charge is -2.09. The summed E-state index contributed by atoms with van der Waals surface area (Å²) < 4.78 is 5.20. The topological polar surface area (TPSA) is 38.3 Å². The number of benzene rings is 2. The number of para-hydroxylation sites is 2. The molecule has 0 fully saturated rings. The number of hydrogen-bond acceptors (Lipinski definition) is 3. The van der Waals surface area contributed by atoms with Crippen molar-refractivity contribution >= 4 is 35.0 Å². The second-order valence-corrected chi connectivity index (χ2v) is 5.91. The van der Waals surface area contributed by atoms with Gasteiger partial charge in [0.2, 0.25) is 5.91 Å². The summed E-state index contributed by atoms with van der Waals surface area (Å²) in [6, 6.07) is 15.0. The summed E-state index contributed by atoms with van der Waals surface area (Å²) in [7, 11) is 1.58. The van der Waals surface area contributed by atoms with E-state index in [2.05, 4.69) is 5.32 Å². The first-order valence-corrected chi connectivity index (χ1v) is 7.86. The van der Waals surface area contributed by atoms with Gasteiger partial charge < -0.3 is 10.1 Å². The molecule has 5 heteroatoms. The predicted octanol–water partition coefficient (Wildman–Crippen LogP) is 4.47. The van der Waals surface area contributed by atoms with Crippen molar-refractivity contribution in [3.05, 3.63) is 53.6 Å². The van der Waals surface area contributed by atoms with Crippen molar-refractivity contribution < 1.29 is 9.53 Å². The third-order valence-electron chi connectivity index (χ3n) is 2.79. The van der Waals surface area contributed by atoms with Crippen LogP contribution in [0.5, 0.6) is 5.75 Å². The maximum absolute atomic E-state index is 11.9. The van der Waals surface area contributed by atoms with Crippen molar-refractivity contribution in [1.82, 2.24) is 0 Å². The van der Waals surface area contributed by atoms with Crippen molar-refractivity contribution in [3.63, 3.8) is 0 Å². The molecule has 21 heavy (non-hydrogen) atoms. The van der Waals surface area contributed by atoms with Crippen molar-refractivity contribution in [2.24, 2.45) is 0 Å². The molecule has 110 valence electrons. The lowest BCUT2D eigenvalue weighted by atomic mass is 10.3. The molecule has 0 atom stereocenters. The molecule has 0 spiro atoms. The zero-order chi connectivity index (χ0) is 15.1. The zero-order valence-corrected chi connectivity index (χ0v) is 13.2. The van der Waals surface area contributed by atoms with Gasteiger partial charge in [-0.15, -0.1) is 11.8 Å². The number of anilines is 1. The first-order valence-electron chi connectivity index (χ1n) is 6.50. The van der Waals surface area contributed by atoms with Crippen LogP contribution in [0.4, 0.5) is 5.69 Å². The highest BCUT2D eigenvalue weighted by Crippen LogP contribution is 2.24. The number of amides is 1. The van der Waals surface area contributed by atoms with E-state index in [9.17, 15) is 4.79 Å². The van der Waals surface area contributed by atoms with E-state index >= 15 is 0 Å².